The smallest absolute Gasteiger partial charge is 0.0642 e. The fourth-order valence-electron chi connectivity index (χ4n) is 2.75. The van der Waals surface area contributed by atoms with E-state index in [9.17, 15) is 0 Å². The van der Waals surface area contributed by atoms with Gasteiger partial charge in [0.1, 0.15) is 0 Å². The topological polar surface area (TPSA) is 41.7 Å². The van der Waals surface area contributed by atoms with Crippen molar-refractivity contribution in [2.24, 2.45) is 0 Å². The molecule has 0 unspecified atom stereocenters. The van der Waals surface area contributed by atoms with E-state index < -0.39 is 0 Å². The minimum Gasteiger partial charge on any atom is -0.399 e. The van der Waals surface area contributed by atoms with Crippen LogP contribution >= 0.6 is 11.6 Å². The van der Waals surface area contributed by atoms with Gasteiger partial charge >= 0.3 is 0 Å². The van der Waals surface area contributed by atoms with Crippen LogP contribution in [-0.4, -0.2) is 49.7 Å². The summed E-state index contributed by atoms with van der Waals surface area (Å²) in [7, 11) is 2.08. The molecule has 0 amide bonds. The lowest BCUT2D eigenvalue weighted by atomic mass is 10.0. The molecule has 2 N–H and O–H groups in total. The summed E-state index contributed by atoms with van der Waals surface area (Å²) in [6.45, 7) is 4.37. The van der Waals surface area contributed by atoms with Crippen molar-refractivity contribution >= 4 is 22.9 Å². The summed E-state index contributed by atoms with van der Waals surface area (Å²) in [5, 5.41) is 0.725. The maximum Gasteiger partial charge on any atom is 0.0642 e. The molecule has 21 heavy (non-hydrogen) atoms. The normalized spacial score (nSPS) is 19.3. The highest BCUT2D eigenvalue weighted by Crippen LogP contribution is 2.31. The molecule has 0 radical (unpaired) electrons. The Kier molecular flexibility index (Phi) is 4.08. The lowest BCUT2D eigenvalue weighted by molar-refractivity contribution is 0.0510. The van der Waals surface area contributed by atoms with Gasteiger partial charge in [-0.25, -0.2) is 0 Å². The monoisotopic (exact) mass is 305 g/mol. The first-order valence-electron chi connectivity index (χ1n) is 7.14. The number of nitrogens with two attached hydrogens (primary N) is 1. The number of allylic oxidation sites excluding steroid dienone is 2. The predicted octanol–water partition coefficient (Wildman–Crippen LogP) is 2.42. The highest BCUT2D eigenvalue weighted by molar-refractivity contribution is 6.32. The van der Waals surface area contributed by atoms with E-state index in [4.69, 9.17) is 22.1 Å². The van der Waals surface area contributed by atoms with Gasteiger partial charge in [-0.15, -0.1) is 0 Å². The third kappa shape index (κ3) is 3.17. The molecule has 2 aliphatic heterocycles. The third-order valence-electron chi connectivity index (χ3n) is 3.81. The fraction of sp³-hybridized carbons (Fsp3) is 0.375. The van der Waals surface area contributed by atoms with Gasteiger partial charge < -0.3 is 20.3 Å². The lowest BCUT2D eigenvalue weighted by Gasteiger charge is -2.35. The number of nitrogen functional groups attached to an aromatic ring is 1. The van der Waals surface area contributed by atoms with Crippen LogP contribution in [0.4, 0.5) is 5.69 Å². The highest BCUT2D eigenvalue weighted by atomic mass is 35.5. The molecule has 0 aromatic heterocycles. The first kappa shape index (κ1) is 14.3. The number of nitrogens with zero attached hydrogens (tertiary/aromatic N) is 2. The average Bonchev–Trinajstić information content (AvgIpc) is 2.50. The minimum atomic E-state index is 0.725. The maximum absolute atomic E-state index is 6.33. The van der Waals surface area contributed by atoms with Crippen LogP contribution < -0.4 is 5.73 Å². The molecule has 0 bridgehead atoms. The van der Waals surface area contributed by atoms with Crippen LogP contribution in [0.2, 0.25) is 5.02 Å². The molecule has 1 aromatic carbocycles. The van der Waals surface area contributed by atoms with Crippen LogP contribution in [0.3, 0.4) is 0 Å². The molecule has 0 aliphatic carbocycles. The van der Waals surface area contributed by atoms with Crippen molar-refractivity contribution in [2.45, 2.75) is 0 Å². The number of anilines is 1. The molecule has 112 valence electrons. The summed E-state index contributed by atoms with van der Waals surface area (Å²) in [6, 6.07) is 5.61. The summed E-state index contributed by atoms with van der Waals surface area (Å²) in [4.78, 5) is 4.56. The summed E-state index contributed by atoms with van der Waals surface area (Å²) in [6.07, 6.45) is 4.33. The number of rotatable bonds is 2. The molecular formula is C16H20ClN3O. The van der Waals surface area contributed by atoms with Crippen molar-refractivity contribution in [1.82, 2.24) is 9.80 Å². The van der Waals surface area contributed by atoms with E-state index in [0.29, 0.717) is 0 Å². The number of hydrogen-bond acceptors (Lipinski definition) is 4. The van der Waals surface area contributed by atoms with Gasteiger partial charge in [-0.3, -0.25) is 0 Å². The molecule has 1 aromatic rings. The Morgan fingerprint density at radius 1 is 1.24 bits per heavy atom. The molecule has 3 rings (SSSR count). The molecule has 2 aliphatic rings. The van der Waals surface area contributed by atoms with E-state index in [0.717, 1.165) is 54.7 Å². The van der Waals surface area contributed by atoms with E-state index in [1.165, 1.54) is 5.70 Å². The van der Waals surface area contributed by atoms with Crippen molar-refractivity contribution in [2.75, 3.05) is 45.6 Å². The van der Waals surface area contributed by atoms with E-state index in [1.807, 2.05) is 18.2 Å². The zero-order valence-corrected chi connectivity index (χ0v) is 12.9. The number of ether oxygens (including phenoxy) is 1. The Balaban J connectivity index is 1.93. The molecule has 1 saturated heterocycles. The number of likely N-dealkylation sites (N-methyl/N-ethyl adjacent to an activating group) is 1. The van der Waals surface area contributed by atoms with Gasteiger partial charge in [0, 0.05) is 53.9 Å². The molecule has 0 atom stereocenters. The summed E-state index contributed by atoms with van der Waals surface area (Å²) in [5.74, 6) is 0. The zero-order valence-electron chi connectivity index (χ0n) is 12.2. The van der Waals surface area contributed by atoms with E-state index >= 15 is 0 Å². The Morgan fingerprint density at radius 3 is 2.76 bits per heavy atom. The van der Waals surface area contributed by atoms with Crippen LogP contribution in [0.5, 0.6) is 0 Å². The van der Waals surface area contributed by atoms with Crippen molar-refractivity contribution in [3.05, 3.63) is 46.8 Å². The molecule has 4 nitrogen and oxygen atoms in total. The zero-order chi connectivity index (χ0) is 14.8. The van der Waals surface area contributed by atoms with Crippen LogP contribution in [0.25, 0.3) is 5.57 Å². The van der Waals surface area contributed by atoms with E-state index in [1.54, 1.807) is 0 Å². The number of benzene rings is 1. The Hall–Kier alpha value is -1.65. The van der Waals surface area contributed by atoms with Gasteiger partial charge in [0.2, 0.25) is 0 Å². The fourth-order valence-corrected chi connectivity index (χ4v) is 2.98. The number of halogens is 1. The molecule has 1 fully saturated rings. The first-order valence-corrected chi connectivity index (χ1v) is 7.52. The standard InChI is InChI=1S/C16H20ClN3O/c1-19-10-12(15-9-13(18)2-3-16(15)17)8-14(11-19)20-4-6-21-7-5-20/h2-3,8-10H,4-7,11,18H2,1H3. The predicted molar refractivity (Wildman–Crippen MR) is 86.9 cm³/mol. The number of hydrogen-bond donors (Lipinski definition) is 1. The van der Waals surface area contributed by atoms with Crippen LogP contribution in [0, 0.1) is 0 Å². The summed E-state index contributed by atoms with van der Waals surface area (Å²) < 4.78 is 5.43. The van der Waals surface area contributed by atoms with Crippen LogP contribution in [-0.2, 0) is 4.74 Å². The second-order valence-electron chi connectivity index (χ2n) is 5.47. The van der Waals surface area contributed by atoms with Crippen LogP contribution in [0.1, 0.15) is 5.56 Å². The second-order valence-corrected chi connectivity index (χ2v) is 5.88. The Morgan fingerprint density at radius 2 is 2.00 bits per heavy atom. The van der Waals surface area contributed by atoms with Crippen molar-refractivity contribution in [1.29, 1.82) is 0 Å². The van der Waals surface area contributed by atoms with Crippen molar-refractivity contribution in [3.63, 3.8) is 0 Å². The van der Waals surface area contributed by atoms with E-state index in [2.05, 4.69) is 29.1 Å². The van der Waals surface area contributed by atoms with Crippen molar-refractivity contribution in [3.8, 4) is 0 Å². The molecular weight excluding hydrogens is 286 g/mol. The van der Waals surface area contributed by atoms with Gasteiger partial charge in [0.05, 0.1) is 19.8 Å². The van der Waals surface area contributed by atoms with Crippen LogP contribution in [0.15, 0.2) is 36.2 Å². The lowest BCUT2D eigenvalue weighted by Crippen LogP contribution is -2.39. The molecule has 0 spiro atoms. The van der Waals surface area contributed by atoms with Gasteiger partial charge in [0.25, 0.3) is 0 Å². The van der Waals surface area contributed by atoms with Crippen molar-refractivity contribution < 1.29 is 4.74 Å². The first-order chi connectivity index (χ1) is 10.1. The average molecular weight is 306 g/mol. The molecule has 0 saturated carbocycles. The minimum absolute atomic E-state index is 0.725. The maximum atomic E-state index is 6.33. The van der Waals surface area contributed by atoms with Gasteiger partial charge in [0.15, 0.2) is 0 Å². The second kappa shape index (κ2) is 6.00. The summed E-state index contributed by atoms with van der Waals surface area (Å²) in [5.41, 5.74) is 10.0. The van der Waals surface area contributed by atoms with Gasteiger partial charge in [-0.1, -0.05) is 11.6 Å². The van der Waals surface area contributed by atoms with Gasteiger partial charge in [-0.2, -0.15) is 0 Å². The largest absolute Gasteiger partial charge is 0.399 e. The third-order valence-corrected chi connectivity index (χ3v) is 4.14. The quantitative estimate of drug-likeness (QED) is 0.852. The molecule has 2 heterocycles. The SMILES string of the molecule is CN1C=C(c2cc(N)ccc2Cl)C=C(N2CCOCC2)C1. The Bertz CT molecular complexity index is 591. The summed E-state index contributed by atoms with van der Waals surface area (Å²) >= 11 is 6.33. The number of morpholine rings is 1. The van der Waals surface area contributed by atoms with E-state index in [-0.39, 0.29) is 0 Å². The van der Waals surface area contributed by atoms with Gasteiger partial charge in [-0.05, 0) is 24.3 Å². The Labute approximate surface area is 130 Å². The molecule has 5 heteroatoms. The highest BCUT2D eigenvalue weighted by Gasteiger charge is 2.19.